The molecule has 0 radical (unpaired) electrons. The van der Waals surface area contributed by atoms with E-state index < -0.39 is 0 Å². The number of aryl methyl sites for hydroxylation is 1. The summed E-state index contributed by atoms with van der Waals surface area (Å²) in [6.07, 6.45) is 8.75. The van der Waals surface area contributed by atoms with Crippen molar-refractivity contribution in [2.45, 2.75) is 51.5 Å². The Bertz CT molecular complexity index is 735. The molecule has 0 saturated heterocycles. The van der Waals surface area contributed by atoms with E-state index in [1.165, 1.54) is 25.7 Å². The molecule has 2 aromatic rings. The first kappa shape index (κ1) is 18.2. The van der Waals surface area contributed by atoms with Gasteiger partial charge in [0.05, 0.1) is 24.7 Å². The summed E-state index contributed by atoms with van der Waals surface area (Å²) in [6.45, 7) is 2.03. The van der Waals surface area contributed by atoms with Crippen LogP contribution in [0.4, 0.5) is 11.4 Å². The molecule has 1 fully saturated rings. The van der Waals surface area contributed by atoms with Crippen LogP contribution in [-0.2, 0) is 0 Å². The molecule has 2 N–H and O–H groups in total. The zero-order chi connectivity index (χ0) is 18.4. The second kappa shape index (κ2) is 8.70. The molecule has 1 saturated carbocycles. The summed E-state index contributed by atoms with van der Waals surface area (Å²) >= 11 is 0. The van der Waals surface area contributed by atoms with Crippen LogP contribution in [0.3, 0.4) is 0 Å². The molecule has 3 rings (SSSR count). The van der Waals surface area contributed by atoms with Crippen LogP contribution in [0.25, 0.3) is 0 Å². The van der Waals surface area contributed by atoms with E-state index in [4.69, 9.17) is 4.74 Å². The van der Waals surface area contributed by atoms with Gasteiger partial charge in [-0.15, -0.1) is 0 Å². The predicted octanol–water partition coefficient (Wildman–Crippen LogP) is 4.59. The van der Waals surface area contributed by atoms with Crippen LogP contribution < -0.4 is 15.4 Å². The van der Waals surface area contributed by atoms with Crippen molar-refractivity contribution in [1.29, 1.82) is 0 Å². The second-order valence-electron chi connectivity index (χ2n) is 6.92. The summed E-state index contributed by atoms with van der Waals surface area (Å²) in [7, 11) is 1.65. The molecular formula is C21H27N3O2. The number of rotatable bonds is 5. The van der Waals surface area contributed by atoms with Gasteiger partial charge in [-0.25, -0.2) is 4.98 Å². The number of nitrogens with zero attached hydrogens (tertiary/aromatic N) is 1. The number of amides is 1. The molecule has 1 aliphatic carbocycles. The number of carbonyl (C=O) groups is 1. The molecule has 0 bridgehead atoms. The predicted molar refractivity (Wildman–Crippen MR) is 104 cm³/mol. The van der Waals surface area contributed by atoms with E-state index in [1.54, 1.807) is 19.4 Å². The normalized spacial score (nSPS) is 15.2. The smallest absolute Gasteiger partial charge is 0.270 e. The van der Waals surface area contributed by atoms with E-state index >= 15 is 0 Å². The fourth-order valence-corrected chi connectivity index (χ4v) is 3.36. The summed E-state index contributed by atoms with van der Waals surface area (Å²) in [6, 6.07) is 9.86. The molecule has 138 valence electrons. The van der Waals surface area contributed by atoms with Gasteiger partial charge in [0.2, 0.25) is 0 Å². The van der Waals surface area contributed by atoms with E-state index in [0.29, 0.717) is 5.69 Å². The Kier molecular flexibility index (Phi) is 6.10. The Morgan fingerprint density at radius 2 is 1.88 bits per heavy atom. The highest BCUT2D eigenvalue weighted by Gasteiger charge is 2.16. The van der Waals surface area contributed by atoms with Crippen molar-refractivity contribution in [3.05, 3.63) is 47.8 Å². The van der Waals surface area contributed by atoms with Crippen LogP contribution in [0.5, 0.6) is 5.75 Å². The highest BCUT2D eigenvalue weighted by atomic mass is 16.5. The molecule has 1 amide bonds. The Labute approximate surface area is 155 Å². The highest BCUT2D eigenvalue weighted by molar-refractivity contribution is 5.92. The number of nitrogens with one attached hydrogen (secondary N) is 2. The molecular weight excluding hydrogens is 326 g/mol. The monoisotopic (exact) mass is 353 g/mol. The van der Waals surface area contributed by atoms with Gasteiger partial charge in [0.25, 0.3) is 5.91 Å². The summed E-state index contributed by atoms with van der Waals surface area (Å²) in [5, 5.41) is 6.43. The van der Waals surface area contributed by atoms with Gasteiger partial charge in [0.1, 0.15) is 11.4 Å². The lowest BCUT2D eigenvalue weighted by Crippen LogP contribution is -2.34. The van der Waals surface area contributed by atoms with Crippen LogP contribution in [0.2, 0.25) is 0 Å². The lowest BCUT2D eigenvalue weighted by molar-refractivity contribution is 0.0928. The van der Waals surface area contributed by atoms with E-state index in [1.807, 2.05) is 31.2 Å². The van der Waals surface area contributed by atoms with E-state index in [2.05, 4.69) is 15.6 Å². The number of benzene rings is 1. The molecule has 0 spiro atoms. The average Bonchev–Trinajstić information content (AvgIpc) is 2.91. The molecule has 1 aliphatic rings. The summed E-state index contributed by atoms with van der Waals surface area (Å²) < 4.78 is 5.38. The van der Waals surface area contributed by atoms with Crippen molar-refractivity contribution in [2.75, 3.05) is 12.4 Å². The fourth-order valence-electron chi connectivity index (χ4n) is 3.36. The standard InChI is InChI=1S/C21H27N3O2/c1-15-9-12-20(26-2)19(13-15)23-17-10-11-18(22-14-17)21(25)24-16-7-5-3-4-6-8-16/h9-14,16,23H,3-8H2,1-2H3,(H,24,25). The van der Waals surface area contributed by atoms with Crippen LogP contribution >= 0.6 is 0 Å². The maximum absolute atomic E-state index is 12.4. The summed E-state index contributed by atoms with van der Waals surface area (Å²) in [4.78, 5) is 16.8. The van der Waals surface area contributed by atoms with Crippen molar-refractivity contribution in [1.82, 2.24) is 10.3 Å². The minimum atomic E-state index is -0.0865. The van der Waals surface area contributed by atoms with Crippen molar-refractivity contribution in [3.8, 4) is 5.75 Å². The number of hydrogen-bond donors (Lipinski definition) is 2. The molecule has 1 aromatic carbocycles. The fraction of sp³-hybridized carbons (Fsp3) is 0.429. The third-order valence-electron chi connectivity index (χ3n) is 4.82. The van der Waals surface area contributed by atoms with Gasteiger partial charge in [-0.3, -0.25) is 4.79 Å². The lowest BCUT2D eigenvalue weighted by Gasteiger charge is -2.16. The Morgan fingerprint density at radius 1 is 1.12 bits per heavy atom. The van der Waals surface area contributed by atoms with Crippen molar-refractivity contribution in [3.63, 3.8) is 0 Å². The first-order chi connectivity index (χ1) is 12.7. The molecule has 0 atom stereocenters. The van der Waals surface area contributed by atoms with Crippen LogP contribution in [0.15, 0.2) is 36.5 Å². The summed E-state index contributed by atoms with van der Waals surface area (Å²) in [5.41, 5.74) is 3.29. The van der Waals surface area contributed by atoms with Crippen molar-refractivity contribution in [2.24, 2.45) is 0 Å². The molecule has 0 aliphatic heterocycles. The van der Waals surface area contributed by atoms with Crippen molar-refractivity contribution >= 4 is 17.3 Å². The summed E-state index contributed by atoms with van der Waals surface area (Å²) in [5.74, 6) is 0.683. The molecule has 1 aromatic heterocycles. The number of ether oxygens (including phenoxy) is 1. The number of aromatic nitrogens is 1. The van der Waals surface area contributed by atoms with E-state index in [-0.39, 0.29) is 11.9 Å². The second-order valence-corrected chi connectivity index (χ2v) is 6.92. The van der Waals surface area contributed by atoms with Gasteiger partial charge in [-0.05, 0) is 49.6 Å². The van der Waals surface area contributed by atoms with Gasteiger partial charge >= 0.3 is 0 Å². The molecule has 0 unspecified atom stereocenters. The number of hydrogen-bond acceptors (Lipinski definition) is 4. The Hall–Kier alpha value is -2.56. The van der Waals surface area contributed by atoms with E-state index in [9.17, 15) is 4.79 Å². The molecule has 5 heteroatoms. The quantitative estimate of drug-likeness (QED) is 0.772. The van der Waals surface area contributed by atoms with E-state index in [0.717, 1.165) is 35.5 Å². The Morgan fingerprint density at radius 3 is 2.54 bits per heavy atom. The first-order valence-electron chi connectivity index (χ1n) is 9.34. The zero-order valence-electron chi connectivity index (χ0n) is 15.5. The number of carbonyl (C=O) groups excluding carboxylic acids is 1. The number of pyridine rings is 1. The molecule has 1 heterocycles. The molecule has 5 nitrogen and oxygen atoms in total. The van der Waals surface area contributed by atoms with Crippen molar-refractivity contribution < 1.29 is 9.53 Å². The lowest BCUT2D eigenvalue weighted by atomic mass is 10.1. The minimum Gasteiger partial charge on any atom is -0.495 e. The maximum Gasteiger partial charge on any atom is 0.270 e. The first-order valence-corrected chi connectivity index (χ1v) is 9.34. The van der Waals surface area contributed by atoms with Crippen LogP contribution in [0.1, 0.15) is 54.6 Å². The SMILES string of the molecule is COc1ccc(C)cc1Nc1ccc(C(=O)NC2CCCCCC2)nc1. The van der Waals surface area contributed by atoms with Gasteiger partial charge in [0.15, 0.2) is 0 Å². The largest absolute Gasteiger partial charge is 0.495 e. The molecule has 26 heavy (non-hydrogen) atoms. The number of methoxy groups -OCH3 is 1. The van der Waals surface area contributed by atoms with Gasteiger partial charge < -0.3 is 15.4 Å². The van der Waals surface area contributed by atoms with Gasteiger partial charge in [0, 0.05) is 6.04 Å². The zero-order valence-corrected chi connectivity index (χ0v) is 15.5. The average molecular weight is 353 g/mol. The third kappa shape index (κ3) is 4.75. The maximum atomic E-state index is 12.4. The highest BCUT2D eigenvalue weighted by Crippen LogP contribution is 2.28. The Balaban J connectivity index is 1.64. The van der Waals surface area contributed by atoms with Gasteiger partial charge in [-0.1, -0.05) is 31.7 Å². The number of anilines is 2. The van der Waals surface area contributed by atoms with Crippen LogP contribution in [0, 0.1) is 6.92 Å². The minimum absolute atomic E-state index is 0.0865. The topological polar surface area (TPSA) is 63.2 Å². The van der Waals surface area contributed by atoms with Gasteiger partial charge in [-0.2, -0.15) is 0 Å². The third-order valence-corrected chi connectivity index (χ3v) is 4.82. The van der Waals surface area contributed by atoms with Crippen LogP contribution in [-0.4, -0.2) is 24.0 Å².